The van der Waals surface area contributed by atoms with Crippen LogP contribution >= 0.6 is 0 Å². The molecule has 1 aromatic heterocycles. The molecule has 0 radical (unpaired) electrons. The summed E-state index contributed by atoms with van der Waals surface area (Å²) in [6.45, 7) is 28.5. The maximum absolute atomic E-state index is 15.1. The van der Waals surface area contributed by atoms with Crippen LogP contribution in [0.3, 0.4) is 0 Å². The fraction of sp³-hybridized carbons (Fsp3) is 0.774. The Balaban J connectivity index is 1.84. The smallest absolute Gasteiger partial charge is 0.354 e. The zero-order valence-corrected chi connectivity index (χ0v) is 45.9. The number of aliphatic imine (C=N–C) groups is 1. The van der Waals surface area contributed by atoms with E-state index in [1.54, 1.807) is 13.8 Å². The van der Waals surface area contributed by atoms with E-state index in [0.29, 0.717) is 70.1 Å². The number of hydrogen-bond acceptors (Lipinski definition) is 14. The molecule has 1 heterocycles. The van der Waals surface area contributed by atoms with Crippen LogP contribution in [0.15, 0.2) is 29.7 Å². The summed E-state index contributed by atoms with van der Waals surface area (Å²) in [5.41, 5.74) is -6.08. The number of nitrogens with zero attached hydrogens (tertiary/aromatic N) is 6. The van der Waals surface area contributed by atoms with Gasteiger partial charge in [-0.05, 0) is 137 Å². The Hall–Kier alpha value is -5.36. The first-order valence-electron chi connectivity index (χ1n) is 25.8. The molecule has 3 aliphatic rings. The van der Waals surface area contributed by atoms with E-state index in [0.717, 1.165) is 5.71 Å². The Kier molecular flexibility index (Phi) is 19.1. The first-order valence-corrected chi connectivity index (χ1v) is 25.8. The van der Waals surface area contributed by atoms with Gasteiger partial charge in [-0.3, -0.25) is 29.0 Å². The third-order valence-electron chi connectivity index (χ3n) is 15.1. The summed E-state index contributed by atoms with van der Waals surface area (Å²) in [5, 5.41) is 13.4. The van der Waals surface area contributed by atoms with Crippen molar-refractivity contribution in [2.45, 2.75) is 194 Å². The minimum atomic E-state index is -1.46. The van der Waals surface area contributed by atoms with Gasteiger partial charge in [0.25, 0.3) is 0 Å². The molecule has 19 heteroatoms. The highest BCUT2D eigenvalue weighted by atomic mass is 16.7. The van der Waals surface area contributed by atoms with E-state index in [1.807, 2.05) is 90.0 Å². The average molecular weight is 1010 g/mol. The van der Waals surface area contributed by atoms with Crippen LogP contribution in [0.2, 0.25) is 0 Å². The monoisotopic (exact) mass is 1010 g/mol. The normalized spacial score (nSPS) is 27.3. The second-order valence-electron chi connectivity index (χ2n) is 24.9. The highest BCUT2D eigenvalue weighted by Gasteiger charge is 2.49. The molecule has 1 aromatic rings. The molecular weight excluding hydrogens is 925 g/mol. The molecule has 3 fully saturated rings. The van der Waals surface area contributed by atoms with Crippen molar-refractivity contribution in [1.29, 1.82) is 0 Å². The first-order chi connectivity index (χ1) is 33.2. The maximum Gasteiger partial charge on any atom is 0.433 e. The molecule has 0 aliphatic heterocycles. The lowest BCUT2D eigenvalue weighted by atomic mass is 9.59. The lowest BCUT2D eigenvalue weighted by molar-refractivity contribution is -0.144. The van der Waals surface area contributed by atoms with Gasteiger partial charge >= 0.3 is 29.1 Å². The topological polar surface area (TPSA) is 248 Å². The van der Waals surface area contributed by atoms with E-state index >= 15 is 14.4 Å². The Morgan fingerprint density at radius 2 is 0.889 bits per heavy atom. The molecule has 3 saturated carbocycles. The van der Waals surface area contributed by atoms with E-state index in [2.05, 4.69) is 25.9 Å². The fourth-order valence-electron chi connectivity index (χ4n) is 12.4. The molecule has 0 spiro atoms. The van der Waals surface area contributed by atoms with Gasteiger partial charge in [0.2, 0.25) is 23.6 Å². The third-order valence-corrected chi connectivity index (χ3v) is 15.1. The molecule has 2 N–H and O–H groups in total. The van der Waals surface area contributed by atoms with Crippen LogP contribution in [0, 0.1) is 50.2 Å². The summed E-state index contributed by atoms with van der Waals surface area (Å²) in [5.74, 6) is -6.78. The second-order valence-corrected chi connectivity index (χ2v) is 24.9. The molecule has 4 rings (SSSR count). The molecule has 0 bridgehead atoms. The van der Waals surface area contributed by atoms with E-state index in [-0.39, 0.29) is 70.5 Å². The first kappa shape index (κ1) is 59.2. The van der Waals surface area contributed by atoms with Gasteiger partial charge in [-0.2, -0.15) is 13.7 Å². The number of rotatable bonds is 17. The summed E-state index contributed by atoms with van der Waals surface area (Å²) in [6.07, 6.45) is 4.05. The molecule has 6 atom stereocenters. The van der Waals surface area contributed by atoms with Crippen LogP contribution in [0.25, 0.3) is 0 Å². The lowest BCUT2D eigenvalue weighted by Crippen LogP contribution is -2.62. The van der Waals surface area contributed by atoms with Gasteiger partial charge in [-0.1, -0.05) is 93.4 Å². The Labute approximate surface area is 424 Å². The molecule has 0 saturated heterocycles. The number of amides is 2. The van der Waals surface area contributed by atoms with Crippen molar-refractivity contribution in [1.82, 2.24) is 24.3 Å². The lowest BCUT2D eigenvalue weighted by Gasteiger charge is -2.46. The molecule has 6 unspecified atom stereocenters. The minimum absolute atomic E-state index is 0.0126. The van der Waals surface area contributed by atoms with Crippen LogP contribution in [0.5, 0.6) is 0 Å². The SMILES string of the molecule is CCC(C)=NCC(=O)NCC1(C)CC(C(=O)n2c(=O)n(C(=O)C3CC(C)(C)CC(C)(CCC(=O)O/N=C(\C)CC)C3)c(=O)n(C(=O)C3CC(C)(C)CC(C)(CNC(=O)O/N=C(\C)CC)C3)c2=O)CC(C)(C)C1. The molecule has 0 aromatic carbocycles. The number of carbonyl (C=O) groups is 6. The number of aromatic nitrogens is 3. The van der Waals surface area contributed by atoms with Crippen LogP contribution in [-0.2, 0) is 19.3 Å². The van der Waals surface area contributed by atoms with Gasteiger partial charge in [0, 0.05) is 43.0 Å². The summed E-state index contributed by atoms with van der Waals surface area (Å²) < 4.78 is 0.897. The Morgan fingerprint density at radius 3 is 1.29 bits per heavy atom. The number of hydrogen-bond donors (Lipinski definition) is 2. The highest BCUT2D eigenvalue weighted by molar-refractivity contribution is 5.87. The third kappa shape index (κ3) is 15.6. The van der Waals surface area contributed by atoms with Crippen molar-refractivity contribution >= 4 is 52.8 Å². The van der Waals surface area contributed by atoms with Crippen LogP contribution in [-0.4, -0.2) is 86.2 Å². The zero-order chi connectivity index (χ0) is 54.4. The predicted molar refractivity (Wildman–Crippen MR) is 277 cm³/mol. The summed E-state index contributed by atoms with van der Waals surface area (Å²) in [6, 6.07) is 0. The van der Waals surface area contributed by atoms with Crippen molar-refractivity contribution in [2.24, 2.45) is 65.5 Å². The van der Waals surface area contributed by atoms with Crippen molar-refractivity contribution in [3.63, 3.8) is 0 Å². The van der Waals surface area contributed by atoms with E-state index in [1.165, 1.54) is 0 Å². The van der Waals surface area contributed by atoms with Gasteiger partial charge in [-0.15, -0.1) is 0 Å². The quantitative estimate of drug-likeness (QED) is 0.0855. The Bertz CT molecular complexity index is 2230. The van der Waals surface area contributed by atoms with Gasteiger partial charge in [-0.25, -0.2) is 24.0 Å². The van der Waals surface area contributed by atoms with Crippen molar-refractivity contribution < 1.29 is 38.4 Å². The summed E-state index contributed by atoms with van der Waals surface area (Å²) >= 11 is 0. The molecular formula is C53H84N8O11. The van der Waals surface area contributed by atoms with Crippen LogP contribution in [0.4, 0.5) is 4.79 Å². The highest BCUT2D eigenvalue weighted by Crippen LogP contribution is 2.52. The van der Waals surface area contributed by atoms with Gasteiger partial charge in [0.1, 0.15) is 6.54 Å². The van der Waals surface area contributed by atoms with E-state index in [4.69, 9.17) is 9.68 Å². The largest absolute Gasteiger partial charge is 0.433 e. The molecule has 2 amide bonds. The predicted octanol–water partition coefficient (Wildman–Crippen LogP) is 8.20. The van der Waals surface area contributed by atoms with Crippen molar-refractivity contribution in [2.75, 3.05) is 19.6 Å². The maximum atomic E-state index is 15.1. The van der Waals surface area contributed by atoms with E-state index in [9.17, 15) is 28.8 Å². The molecule has 72 heavy (non-hydrogen) atoms. The standard InChI is InChI=1S/C53H84N8O11/c1-16-33(4)54-27-39(62)55-31-52(14)25-37(22-49(9,10)29-52)42(65)60-45(68)59(41(64)36-21-48(7,8)28-51(13,24-36)20-19-40(63)71-57-34(5)17-2)46(69)61(47(60)70)43(66)38-23-50(11,12)30-53(15,26-38)32-56-44(67)72-58-35(6)18-3/h36-38H,16-32H2,1-15H3,(H,55,62)(H,56,67)/b54-33?,57-34+,58-35+. The van der Waals surface area contributed by atoms with Gasteiger partial charge in [0.15, 0.2) is 0 Å². The number of oxime groups is 2. The van der Waals surface area contributed by atoms with Crippen LogP contribution in [0.1, 0.15) is 208 Å². The number of carbonyl (C=O) groups excluding carboxylic acids is 6. The minimum Gasteiger partial charge on any atom is -0.354 e. The zero-order valence-electron chi connectivity index (χ0n) is 45.9. The number of nitrogens with one attached hydrogen (secondary N) is 2. The fourth-order valence-corrected chi connectivity index (χ4v) is 12.4. The molecule has 3 aliphatic carbocycles. The Morgan fingerprint density at radius 1 is 0.528 bits per heavy atom. The van der Waals surface area contributed by atoms with Gasteiger partial charge < -0.3 is 15.5 Å². The molecule has 19 nitrogen and oxygen atoms in total. The average Bonchev–Trinajstić information content (AvgIpc) is 3.27. The van der Waals surface area contributed by atoms with Crippen LogP contribution < -0.4 is 27.7 Å². The van der Waals surface area contributed by atoms with Gasteiger partial charge in [0.05, 0.1) is 11.4 Å². The second kappa shape index (κ2) is 23.2. The van der Waals surface area contributed by atoms with Crippen molar-refractivity contribution in [3.05, 3.63) is 31.5 Å². The summed E-state index contributed by atoms with van der Waals surface area (Å²) in [4.78, 5) is 143. The molecule has 402 valence electrons. The van der Waals surface area contributed by atoms with E-state index < -0.39 is 97.1 Å². The van der Waals surface area contributed by atoms with Crippen molar-refractivity contribution in [3.8, 4) is 0 Å². The summed E-state index contributed by atoms with van der Waals surface area (Å²) in [7, 11) is 0.